The molecule has 2 rings (SSSR count). The summed E-state index contributed by atoms with van der Waals surface area (Å²) >= 11 is 10.6. The van der Waals surface area contributed by atoms with Crippen molar-refractivity contribution < 1.29 is 4.79 Å². The number of nitrogens with one attached hydrogen (secondary N) is 1. The molecule has 0 aliphatic heterocycles. The highest BCUT2D eigenvalue weighted by Crippen LogP contribution is 2.25. The summed E-state index contributed by atoms with van der Waals surface area (Å²) in [6, 6.07) is 5.24. The van der Waals surface area contributed by atoms with Crippen molar-refractivity contribution in [2.75, 3.05) is 5.32 Å². The predicted octanol–water partition coefficient (Wildman–Crippen LogP) is 4.12. The zero-order valence-corrected chi connectivity index (χ0v) is 12.0. The van der Waals surface area contributed by atoms with Gasteiger partial charge in [-0.15, -0.1) is 0 Å². The van der Waals surface area contributed by atoms with Crippen molar-refractivity contribution in [3.05, 3.63) is 44.3 Å². The van der Waals surface area contributed by atoms with Gasteiger partial charge in [-0.25, -0.2) is 4.98 Å². The molecule has 0 aliphatic carbocycles. The van der Waals surface area contributed by atoms with Crippen molar-refractivity contribution in [2.24, 2.45) is 0 Å². The summed E-state index contributed by atoms with van der Waals surface area (Å²) in [6.45, 7) is 1.81. The Kier molecular flexibility index (Phi) is 3.81. The molecular formula is C11H8BrClN2OS. The number of anilines is 1. The van der Waals surface area contributed by atoms with Crippen molar-refractivity contribution >= 4 is 49.9 Å². The standard InChI is InChI=1S/C11H8BrClN2OS/c1-6-7(3-2-4-8(6)13)10(16)15-11-14-5-9(12)17-11/h2-5H,1H3,(H,14,15,16). The fourth-order valence-corrected chi connectivity index (χ4v) is 2.61. The minimum Gasteiger partial charge on any atom is -0.298 e. The first kappa shape index (κ1) is 12.5. The maximum Gasteiger partial charge on any atom is 0.257 e. The van der Waals surface area contributed by atoms with Gasteiger partial charge >= 0.3 is 0 Å². The van der Waals surface area contributed by atoms with Crippen LogP contribution in [0.2, 0.25) is 5.02 Å². The van der Waals surface area contributed by atoms with Gasteiger partial charge < -0.3 is 0 Å². The third-order valence-corrected chi connectivity index (χ3v) is 4.01. The molecular weight excluding hydrogens is 324 g/mol. The average molecular weight is 332 g/mol. The molecule has 1 heterocycles. The number of amides is 1. The Morgan fingerprint density at radius 2 is 2.29 bits per heavy atom. The molecule has 6 heteroatoms. The van der Waals surface area contributed by atoms with Gasteiger partial charge in [-0.3, -0.25) is 10.1 Å². The van der Waals surface area contributed by atoms with Crippen LogP contribution in [-0.2, 0) is 0 Å². The fraction of sp³-hybridized carbons (Fsp3) is 0.0909. The molecule has 0 saturated carbocycles. The molecule has 0 unspecified atom stereocenters. The molecule has 17 heavy (non-hydrogen) atoms. The first-order valence-electron chi connectivity index (χ1n) is 4.75. The second-order valence-corrected chi connectivity index (χ2v) is 6.15. The summed E-state index contributed by atoms with van der Waals surface area (Å²) in [4.78, 5) is 16.0. The highest BCUT2D eigenvalue weighted by molar-refractivity contribution is 9.11. The van der Waals surface area contributed by atoms with Crippen molar-refractivity contribution in [3.8, 4) is 0 Å². The first-order valence-corrected chi connectivity index (χ1v) is 6.74. The number of halogens is 2. The number of rotatable bonds is 2. The highest BCUT2D eigenvalue weighted by atomic mass is 79.9. The molecule has 1 aromatic heterocycles. The van der Waals surface area contributed by atoms with Gasteiger partial charge in [0.15, 0.2) is 5.13 Å². The number of hydrogen-bond donors (Lipinski definition) is 1. The lowest BCUT2D eigenvalue weighted by molar-refractivity contribution is 0.102. The molecule has 0 spiro atoms. The number of carbonyl (C=O) groups excluding carboxylic acids is 1. The van der Waals surface area contributed by atoms with E-state index in [0.717, 1.165) is 9.35 Å². The molecule has 0 atom stereocenters. The van der Waals surface area contributed by atoms with E-state index in [-0.39, 0.29) is 5.91 Å². The maximum absolute atomic E-state index is 12.0. The van der Waals surface area contributed by atoms with E-state index in [1.165, 1.54) is 11.3 Å². The molecule has 1 aromatic carbocycles. The number of thiazole rings is 1. The van der Waals surface area contributed by atoms with Crippen LogP contribution in [0.15, 0.2) is 28.2 Å². The van der Waals surface area contributed by atoms with Crippen LogP contribution in [0.4, 0.5) is 5.13 Å². The minimum absolute atomic E-state index is 0.202. The van der Waals surface area contributed by atoms with Gasteiger partial charge in [0, 0.05) is 10.6 Å². The first-order chi connectivity index (χ1) is 8.08. The minimum atomic E-state index is -0.202. The van der Waals surface area contributed by atoms with Crippen LogP contribution in [-0.4, -0.2) is 10.9 Å². The van der Waals surface area contributed by atoms with Crippen molar-refractivity contribution in [3.63, 3.8) is 0 Å². The molecule has 0 radical (unpaired) electrons. The van der Waals surface area contributed by atoms with Gasteiger partial charge in [-0.1, -0.05) is 29.0 Å². The second-order valence-electron chi connectivity index (χ2n) is 3.34. The van der Waals surface area contributed by atoms with Gasteiger partial charge in [0.1, 0.15) is 0 Å². The SMILES string of the molecule is Cc1c(Cl)cccc1C(=O)Nc1ncc(Br)s1. The number of carbonyl (C=O) groups is 1. The van der Waals surface area contributed by atoms with E-state index in [1.807, 2.05) is 6.92 Å². The second kappa shape index (κ2) is 5.16. The third-order valence-electron chi connectivity index (χ3n) is 2.21. The maximum atomic E-state index is 12.0. The Balaban J connectivity index is 2.23. The zero-order valence-electron chi connectivity index (χ0n) is 8.83. The molecule has 3 nitrogen and oxygen atoms in total. The summed E-state index contributed by atoms with van der Waals surface area (Å²) in [7, 11) is 0. The molecule has 0 bridgehead atoms. The Bertz CT molecular complexity index is 570. The summed E-state index contributed by atoms with van der Waals surface area (Å²) < 4.78 is 0.871. The van der Waals surface area contributed by atoms with Crippen LogP contribution < -0.4 is 5.32 Å². The Labute approximate surface area is 116 Å². The number of benzene rings is 1. The van der Waals surface area contributed by atoms with Crippen LogP contribution in [0.5, 0.6) is 0 Å². The number of hydrogen-bond acceptors (Lipinski definition) is 3. The van der Waals surface area contributed by atoms with Gasteiger partial charge in [0.05, 0.1) is 9.98 Å². The molecule has 2 aromatic rings. The van der Waals surface area contributed by atoms with Crippen molar-refractivity contribution in [1.29, 1.82) is 0 Å². The number of aromatic nitrogens is 1. The lowest BCUT2D eigenvalue weighted by Crippen LogP contribution is -2.13. The zero-order chi connectivity index (χ0) is 12.4. The average Bonchev–Trinajstić information content (AvgIpc) is 2.68. The molecule has 0 saturated heterocycles. The van der Waals surface area contributed by atoms with Crippen LogP contribution in [0.1, 0.15) is 15.9 Å². The number of nitrogens with zero attached hydrogens (tertiary/aromatic N) is 1. The summed E-state index contributed by atoms with van der Waals surface area (Å²) in [5, 5.41) is 3.87. The topological polar surface area (TPSA) is 42.0 Å². The summed E-state index contributed by atoms with van der Waals surface area (Å²) in [5.41, 5.74) is 1.33. The molecule has 0 fully saturated rings. The normalized spacial score (nSPS) is 10.3. The monoisotopic (exact) mass is 330 g/mol. The smallest absolute Gasteiger partial charge is 0.257 e. The third kappa shape index (κ3) is 2.86. The van der Waals surface area contributed by atoms with Gasteiger partial charge in [-0.2, -0.15) is 0 Å². The van der Waals surface area contributed by atoms with E-state index in [2.05, 4.69) is 26.2 Å². The van der Waals surface area contributed by atoms with E-state index in [1.54, 1.807) is 24.4 Å². The molecule has 1 amide bonds. The lowest BCUT2D eigenvalue weighted by Gasteiger charge is -2.06. The van der Waals surface area contributed by atoms with E-state index in [0.29, 0.717) is 15.7 Å². The van der Waals surface area contributed by atoms with Gasteiger partial charge in [-0.05, 0) is 40.5 Å². The lowest BCUT2D eigenvalue weighted by atomic mass is 10.1. The Morgan fingerprint density at radius 3 is 2.94 bits per heavy atom. The van der Waals surface area contributed by atoms with E-state index < -0.39 is 0 Å². The van der Waals surface area contributed by atoms with E-state index in [9.17, 15) is 4.79 Å². The van der Waals surface area contributed by atoms with Crippen LogP contribution >= 0.6 is 38.9 Å². The van der Waals surface area contributed by atoms with Crippen LogP contribution in [0.3, 0.4) is 0 Å². The van der Waals surface area contributed by atoms with Gasteiger partial charge in [0.2, 0.25) is 0 Å². The van der Waals surface area contributed by atoms with Gasteiger partial charge in [0.25, 0.3) is 5.91 Å². The molecule has 0 aliphatic rings. The molecule has 1 N–H and O–H groups in total. The summed E-state index contributed by atoms with van der Waals surface area (Å²) in [5.74, 6) is -0.202. The summed E-state index contributed by atoms with van der Waals surface area (Å²) in [6.07, 6.45) is 1.64. The highest BCUT2D eigenvalue weighted by Gasteiger charge is 2.12. The Hall–Kier alpha value is -0.910. The predicted molar refractivity (Wildman–Crippen MR) is 74.0 cm³/mol. The van der Waals surface area contributed by atoms with Crippen LogP contribution in [0.25, 0.3) is 0 Å². The van der Waals surface area contributed by atoms with Crippen molar-refractivity contribution in [2.45, 2.75) is 6.92 Å². The molecule has 88 valence electrons. The van der Waals surface area contributed by atoms with E-state index in [4.69, 9.17) is 11.6 Å². The fourth-order valence-electron chi connectivity index (χ4n) is 1.33. The largest absolute Gasteiger partial charge is 0.298 e. The Morgan fingerprint density at radius 1 is 1.53 bits per heavy atom. The quantitative estimate of drug-likeness (QED) is 0.899. The van der Waals surface area contributed by atoms with Crippen LogP contribution in [0, 0.1) is 6.92 Å². The van der Waals surface area contributed by atoms with E-state index >= 15 is 0 Å². The van der Waals surface area contributed by atoms with Crippen molar-refractivity contribution in [1.82, 2.24) is 4.98 Å².